The molecule has 1 aromatic heterocycles. The minimum absolute atomic E-state index is 0.0828. The normalized spacial score (nSPS) is 11.3. The summed E-state index contributed by atoms with van der Waals surface area (Å²) >= 11 is 0. The van der Waals surface area contributed by atoms with E-state index >= 15 is 0 Å². The first-order chi connectivity index (χ1) is 15.9. The quantitative estimate of drug-likeness (QED) is 0.369. The molecule has 0 saturated heterocycles. The third-order valence-electron chi connectivity index (χ3n) is 4.50. The van der Waals surface area contributed by atoms with Crippen molar-refractivity contribution < 1.29 is 23.8 Å². The Labute approximate surface area is 195 Å². The van der Waals surface area contributed by atoms with Gasteiger partial charge < -0.3 is 29.8 Å². The fourth-order valence-corrected chi connectivity index (χ4v) is 2.98. The van der Waals surface area contributed by atoms with Crippen molar-refractivity contribution in [3.05, 3.63) is 46.8 Å². The maximum atomic E-state index is 12.8. The van der Waals surface area contributed by atoms with Gasteiger partial charge in [0.05, 0.1) is 39.0 Å². The number of carbonyl (C=O) groups excluding carboxylic acids is 2. The van der Waals surface area contributed by atoms with Crippen molar-refractivity contribution in [1.82, 2.24) is 20.6 Å². The van der Waals surface area contributed by atoms with Gasteiger partial charge in [-0.15, -0.1) is 0 Å². The molecule has 1 aromatic carbocycles. The number of likely N-dealkylation sites (N-methyl/N-ethyl adjacent to an activating group) is 1. The van der Waals surface area contributed by atoms with Crippen LogP contribution in [0.25, 0.3) is 12.2 Å². The van der Waals surface area contributed by atoms with E-state index < -0.39 is 5.91 Å². The van der Waals surface area contributed by atoms with E-state index in [1.165, 1.54) is 27.4 Å². The summed E-state index contributed by atoms with van der Waals surface area (Å²) in [5, 5.41) is 5.45. The summed E-state index contributed by atoms with van der Waals surface area (Å²) in [6.07, 6.45) is 5.24. The van der Waals surface area contributed by atoms with E-state index in [1.54, 1.807) is 31.6 Å². The number of H-pyrrole nitrogens is 1. The van der Waals surface area contributed by atoms with E-state index in [9.17, 15) is 9.59 Å². The average molecular weight is 459 g/mol. The van der Waals surface area contributed by atoms with Gasteiger partial charge in [0, 0.05) is 18.3 Å². The highest BCUT2D eigenvalue weighted by Gasteiger charge is 2.17. The van der Waals surface area contributed by atoms with Crippen LogP contribution in [0, 0.1) is 0 Å². The van der Waals surface area contributed by atoms with Gasteiger partial charge in [0.15, 0.2) is 17.8 Å². The van der Waals surface area contributed by atoms with Crippen molar-refractivity contribution >= 4 is 24.3 Å². The number of rotatable bonds is 10. The van der Waals surface area contributed by atoms with Gasteiger partial charge in [0.1, 0.15) is 5.70 Å². The molecule has 33 heavy (non-hydrogen) atoms. The van der Waals surface area contributed by atoms with Gasteiger partial charge >= 0.3 is 0 Å². The molecule has 2 rings (SSSR count). The number of imidazole rings is 1. The molecule has 0 atom stereocenters. The summed E-state index contributed by atoms with van der Waals surface area (Å²) in [5.74, 6) is 0.995. The molecule has 9 nitrogen and oxygen atoms in total. The summed E-state index contributed by atoms with van der Waals surface area (Å²) in [7, 11) is 6.13. The Hall–Kier alpha value is -3.75. The van der Waals surface area contributed by atoms with E-state index in [2.05, 4.69) is 20.6 Å². The van der Waals surface area contributed by atoms with Crippen LogP contribution in [-0.4, -0.2) is 50.5 Å². The maximum absolute atomic E-state index is 12.8. The molecule has 0 bridgehead atoms. The van der Waals surface area contributed by atoms with Crippen molar-refractivity contribution in [2.75, 3.05) is 28.4 Å². The molecular formula is C24H34N4O5. The summed E-state index contributed by atoms with van der Waals surface area (Å²) in [4.78, 5) is 31.6. The van der Waals surface area contributed by atoms with Crippen molar-refractivity contribution in [2.45, 2.75) is 33.6 Å². The first-order valence-electron chi connectivity index (χ1n) is 10.6. The van der Waals surface area contributed by atoms with E-state index in [0.29, 0.717) is 34.8 Å². The smallest absolute Gasteiger partial charge is 0.271 e. The third-order valence-corrected chi connectivity index (χ3v) is 4.50. The molecule has 1 heterocycles. The zero-order valence-corrected chi connectivity index (χ0v) is 20.5. The van der Waals surface area contributed by atoms with Crippen LogP contribution in [0.3, 0.4) is 0 Å². The fourth-order valence-electron chi connectivity index (χ4n) is 2.98. The van der Waals surface area contributed by atoms with Gasteiger partial charge in [-0.25, -0.2) is 4.98 Å². The highest BCUT2D eigenvalue weighted by Crippen LogP contribution is 2.40. The summed E-state index contributed by atoms with van der Waals surface area (Å²) in [6.45, 7) is 8.00. The Kier molecular flexibility index (Phi) is 11.3. The lowest BCUT2D eigenvalue weighted by molar-refractivity contribution is -0.118. The fraction of sp³-hybridized carbons (Fsp3) is 0.375. The maximum Gasteiger partial charge on any atom is 0.271 e. The first-order valence-corrected chi connectivity index (χ1v) is 10.6. The van der Waals surface area contributed by atoms with Crippen LogP contribution in [-0.2, 0) is 9.59 Å². The van der Waals surface area contributed by atoms with Crippen molar-refractivity contribution in [3.63, 3.8) is 0 Å². The van der Waals surface area contributed by atoms with Crippen LogP contribution in [0.1, 0.15) is 50.6 Å². The van der Waals surface area contributed by atoms with Gasteiger partial charge in [-0.05, 0) is 30.2 Å². The molecule has 0 radical (unpaired) electrons. The minimum Gasteiger partial charge on any atom is -0.493 e. The Bertz CT molecular complexity index is 993. The van der Waals surface area contributed by atoms with E-state index in [4.69, 9.17) is 14.2 Å². The lowest BCUT2D eigenvalue weighted by Gasteiger charge is -2.15. The van der Waals surface area contributed by atoms with Gasteiger partial charge in [0.2, 0.25) is 5.75 Å². The van der Waals surface area contributed by atoms with Crippen LogP contribution in [0.4, 0.5) is 0 Å². The monoisotopic (exact) mass is 458 g/mol. The highest BCUT2D eigenvalue weighted by atomic mass is 16.5. The first kappa shape index (κ1) is 27.3. The molecule has 0 unspecified atom stereocenters. The van der Waals surface area contributed by atoms with Gasteiger partial charge in [-0.3, -0.25) is 9.59 Å². The van der Waals surface area contributed by atoms with Crippen molar-refractivity contribution in [1.29, 1.82) is 0 Å². The number of benzene rings is 1. The van der Waals surface area contributed by atoms with Gasteiger partial charge in [0.25, 0.3) is 5.91 Å². The predicted octanol–water partition coefficient (Wildman–Crippen LogP) is 3.50. The molecular weight excluding hydrogens is 424 g/mol. The second-order valence-electron chi connectivity index (χ2n) is 6.76. The molecule has 180 valence electrons. The Morgan fingerprint density at radius 3 is 2.24 bits per heavy atom. The number of amides is 1. The second-order valence-corrected chi connectivity index (χ2v) is 6.76. The van der Waals surface area contributed by atoms with E-state index in [0.717, 1.165) is 5.69 Å². The largest absolute Gasteiger partial charge is 0.493 e. The van der Waals surface area contributed by atoms with Crippen LogP contribution >= 0.6 is 0 Å². The molecule has 0 saturated carbocycles. The molecule has 1 amide bonds. The van der Waals surface area contributed by atoms with Crippen LogP contribution in [0.2, 0.25) is 0 Å². The number of ether oxygens (including phenoxy) is 3. The summed E-state index contributed by atoms with van der Waals surface area (Å²) < 4.78 is 16.1. The summed E-state index contributed by atoms with van der Waals surface area (Å²) in [5.41, 5.74) is 2.34. The lowest BCUT2D eigenvalue weighted by Crippen LogP contribution is -2.30. The molecule has 3 N–H and O–H groups in total. The number of aldehydes is 1. The highest BCUT2D eigenvalue weighted by molar-refractivity contribution is 6.02. The van der Waals surface area contributed by atoms with Crippen molar-refractivity contribution in [3.8, 4) is 17.2 Å². The molecule has 9 heteroatoms. The molecule has 0 spiro atoms. The van der Waals surface area contributed by atoms with Crippen molar-refractivity contribution in [2.24, 2.45) is 0 Å². The van der Waals surface area contributed by atoms with Crippen LogP contribution < -0.4 is 24.8 Å². The Morgan fingerprint density at radius 2 is 1.73 bits per heavy atom. The number of allylic oxidation sites excluding steroid dienone is 1. The lowest BCUT2D eigenvalue weighted by atomic mass is 10.1. The number of aromatic amines is 1. The second kappa shape index (κ2) is 13.6. The number of methoxy groups -OCH3 is 3. The third kappa shape index (κ3) is 6.86. The number of nitrogens with one attached hydrogen (secondary N) is 3. The number of nitrogens with zero attached hydrogens (tertiary/aromatic N) is 1. The molecule has 0 aliphatic rings. The number of aromatic nitrogens is 2. The summed E-state index contributed by atoms with van der Waals surface area (Å²) in [6, 6.07) is 3.44. The Morgan fingerprint density at radius 1 is 1.06 bits per heavy atom. The predicted molar refractivity (Wildman–Crippen MR) is 129 cm³/mol. The minimum atomic E-state index is -0.501. The van der Waals surface area contributed by atoms with E-state index in [-0.39, 0.29) is 17.3 Å². The standard InChI is InChI=1S/C22H28N4O5.C2H6/c1-13(2)19-16(24-12-25-19)10-15(11-27)26-22(28)17(23-3)9-14-7-8-18(29-4)21(31-6)20(14)30-5;1-2/h7-13,23H,1-6H3,(H,24,25)(H,26,28);1-2H3/b15-10-,17-9-;. The molecule has 2 aromatic rings. The number of hydrogen-bond acceptors (Lipinski definition) is 7. The van der Waals surface area contributed by atoms with Gasteiger partial charge in [-0.2, -0.15) is 0 Å². The zero-order chi connectivity index (χ0) is 25.0. The number of carbonyl (C=O) groups is 2. The number of hydrogen-bond donors (Lipinski definition) is 3. The van der Waals surface area contributed by atoms with Crippen LogP contribution in [0.5, 0.6) is 17.2 Å². The molecule has 0 aliphatic carbocycles. The molecule has 0 aliphatic heterocycles. The van der Waals surface area contributed by atoms with Gasteiger partial charge in [-0.1, -0.05) is 27.7 Å². The topological polar surface area (TPSA) is 115 Å². The average Bonchev–Trinajstić information content (AvgIpc) is 3.30. The Balaban J connectivity index is 0.00000265. The SMILES string of the molecule is CC.CN/C(=C\c1ccc(OC)c(OC)c1OC)C(=O)N/C(C=O)=C\c1nc[nH]c1C(C)C. The molecule has 0 fully saturated rings. The van der Waals surface area contributed by atoms with Crippen LogP contribution in [0.15, 0.2) is 29.9 Å². The zero-order valence-electron chi connectivity index (χ0n) is 20.5. The van der Waals surface area contributed by atoms with E-state index in [1.807, 2.05) is 27.7 Å².